The Bertz CT molecular complexity index is 414. The molecule has 2 amide bonds. The van der Waals surface area contributed by atoms with Gasteiger partial charge in [0.25, 0.3) is 0 Å². The summed E-state index contributed by atoms with van der Waals surface area (Å²) in [6.45, 7) is 4.31. The third-order valence-electron chi connectivity index (χ3n) is 2.24. The number of carboxylic acid groups (broad SMARTS) is 1. The Morgan fingerprint density at radius 3 is 2.78 bits per heavy atom. The fourth-order valence-corrected chi connectivity index (χ4v) is 1.30. The van der Waals surface area contributed by atoms with Gasteiger partial charge in [0.05, 0.1) is 11.9 Å². The molecule has 0 fully saturated rings. The molecule has 0 aliphatic carbocycles. The molecule has 0 unspecified atom stereocenters. The molecule has 1 heterocycles. The predicted octanol–water partition coefficient (Wildman–Crippen LogP) is 1.45. The van der Waals surface area contributed by atoms with Gasteiger partial charge < -0.3 is 15.7 Å². The Morgan fingerprint density at radius 1 is 1.50 bits per heavy atom. The summed E-state index contributed by atoms with van der Waals surface area (Å²) in [4.78, 5) is 21.7. The first-order valence-corrected chi connectivity index (χ1v) is 5.80. The number of nitrogens with one attached hydrogen (secondary N) is 2. The number of aromatic nitrogens is 2. The van der Waals surface area contributed by atoms with E-state index in [2.05, 4.69) is 15.7 Å². The average Bonchev–Trinajstić information content (AvgIpc) is 2.72. The summed E-state index contributed by atoms with van der Waals surface area (Å²) in [5.74, 6) is -0.865. The second kappa shape index (κ2) is 6.63. The van der Waals surface area contributed by atoms with E-state index in [1.807, 2.05) is 13.8 Å². The smallest absolute Gasteiger partial charge is 0.319 e. The molecule has 1 aromatic heterocycles. The lowest BCUT2D eigenvalue weighted by Gasteiger charge is -2.05. The number of amides is 2. The number of hydrogen-bond donors (Lipinski definition) is 3. The summed E-state index contributed by atoms with van der Waals surface area (Å²) >= 11 is 0. The number of aliphatic carboxylic acids is 1. The van der Waals surface area contributed by atoms with Crippen molar-refractivity contribution in [1.29, 1.82) is 0 Å². The maximum atomic E-state index is 11.4. The molecule has 0 radical (unpaired) electrons. The molecule has 7 nitrogen and oxygen atoms in total. The molecule has 0 aliphatic heterocycles. The van der Waals surface area contributed by atoms with Gasteiger partial charge in [-0.2, -0.15) is 5.10 Å². The van der Waals surface area contributed by atoms with Crippen LogP contribution in [0.2, 0.25) is 0 Å². The van der Waals surface area contributed by atoms with Crippen molar-refractivity contribution in [2.45, 2.75) is 32.7 Å². The van der Waals surface area contributed by atoms with Gasteiger partial charge >= 0.3 is 12.0 Å². The first-order valence-electron chi connectivity index (χ1n) is 5.80. The van der Waals surface area contributed by atoms with Crippen LogP contribution >= 0.6 is 0 Å². The fraction of sp³-hybridized carbons (Fsp3) is 0.545. The number of carbonyl (C=O) groups excluding carboxylic acids is 1. The Labute approximate surface area is 105 Å². The second-order valence-electron chi connectivity index (χ2n) is 4.18. The number of urea groups is 1. The third-order valence-corrected chi connectivity index (χ3v) is 2.24. The van der Waals surface area contributed by atoms with E-state index >= 15 is 0 Å². The Kier molecular flexibility index (Phi) is 5.16. The monoisotopic (exact) mass is 254 g/mol. The van der Waals surface area contributed by atoms with Gasteiger partial charge in [0.15, 0.2) is 0 Å². The number of anilines is 1. The van der Waals surface area contributed by atoms with E-state index in [1.54, 1.807) is 17.1 Å². The van der Waals surface area contributed by atoms with Crippen molar-refractivity contribution in [3.8, 4) is 0 Å². The van der Waals surface area contributed by atoms with Crippen molar-refractivity contribution in [3.05, 3.63) is 12.4 Å². The SMILES string of the molecule is CC(C)n1cc(NC(=O)NCCCC(=O)O)cn1. The first kappa shape index (κ1) is 14.0. The van der Waals surface area contributed by atoms with E-state index in [4.69, 9.17) is 5.11 Å². The van der Waals surface area contributed by atoms with Crippen molar-refractivity contribution >= 4 is 17.7 Å². The summed E-state index contributed by atoms with van der Waals surface area (Å²) < 4.78 is 1.74. The van der Waals surface area contributed by atoms with Crippen molar-refractivity contribution in [2.24, 2.45) is 0 Å². The molecule has 100 valence electrons. The van der Waals surface area contributed by atoms with Crippen LogP contribution in [-0.4, -0.2) is 33.4 Å². The van der Waals surface area contributed by atoms with E-state index in [-0.39, 0.29) is 18.5 Å². The van der Waals surface area contributed by atoms with Crippen LogP contribution in [0.3, 0.4) is 0 Å². The Balaban J connectivity index is 2.28. The first-order chi connectivity index (χ1) is 8.49. The number of nitrogens with zero attached hydrogens (tertiary/aromatic N) is 2. The highest BCUT2D eigenvalue weighted by Crippen LogP contribution is 2.09. The summed E-state index contributed by atoms with van der Waals surface area (Å²) in [6.07, 6.45) is 3.76. The van der Waals surface area contributed by atoms with Crippen molar-refractivity contribution in [3.63, 3.8) is 0 Å². The largest absolute Gasteiger partial charge is 0.481 e. The van der Waals surface area contributed by atoms with Gasteiger partial charge in [-0.15, -0.1) is 0 Å². The van der Waals surface area contributed by atoms with E-state index in [9.17, 15) is 9.59 Å². The molecule has 1 aromatic rings. The van der Waals surface area contributed by atoms with E-state index < -0.39 is 5.97 Å². The van der Waals surface area contributed by atoms with Crippen LogP contribution in [0.15, 0.2) is 12.4 Å². The molecule has 0 aliphatic rings. The highest BCUT2D eigenvalue weighted by molar-refractivity contribution is 5.88. The minimum absolute atomic E-state index is 0.0472. The van der Waals surface area contributed by atoms with Crippen molar-refractivity contribution < 1.29 is 14.7 Å². The fourth-order valence-electron chi connectivity index (χ4n) is 1.30. The van der Waals surface area contributed by atoms with Gasteiger partial charge in [0.2, 0.25) is 0 Å². The summed E-state index contributed by atoms with van der Waals surface area (Å²) in [5.41, 5.74) is 0.611. The van der Waals surface area contributed by atoms with Gasteiger partial charge in [-0.3, -0.25) is 9.48 Å². The Hall–Kier alpha value is -2.05. The molecule has 7 heteroatoms. The zero-order valence-corrected chi connectivity index (χ0v) is 10.5. The summed E-state index contributed by atoms with van der Waals surface area (Å²) in [6, 6.07) is -0.122. The predicted molar refractivity (Wildman–Crippen MR) is 66.5 cm³/mol. The van der Waals surface area contributed by atoms with Crippen molar-refractivity contribution in [1.82, 2.24) is 15.1 Å². The number of carbonyl (C=O) groups is 2. The zero-order chi connectivity index (χ0) is 13.5. The van der Waals surface area contributed by atoms with Crippen LogP contribution in [0.5, 0.6) is 0 Å². The van der Waals surface area contributed by atoms with Crippen molar-refractivity contribution in [2.75, 3.05) is 11.9 Å². The maximum absolute atomic E-state index is 11.4. The normalized spacial score (nSPS) is 10.4. The van der Waals surface area contributed by atoms with Crippen LogP contribution in [0.4, 0.5) is 10.5 Å². The molecule has 18 heavy (non-hydrogen) atoms. The Morgan fingerprint density at radius 2 is 2.22 bits per heavy atom. The zero-order valence-electron chi connectivity index (χ0n) is 10.5. The molecule has 0 saturated carbocycles. The van der Waals surface area contributed by atoms with Gasteiger partial charge in [-0.1, -0.05) is 0 Å². The maximum Gasteiger partial charge on any atom is 0.319 e. The minimum Gasteiger partial charge on any atom is -0.481 e. The van der Waals surface area contributed by atoms with E-state index in [1.165, 1.54) is 0 Å². The number of rotatable bonds is 6. The molecular formula is C11H18N4O3. The standard InChI is InChI=1S/C11H18N4O3/c1-8(2)15-7-9(6-13-15)14-11(18)12-5-3-4-10(16)17/h6-8H,3-5H2,1-2H3,(H,16,17)(H2,12,14,18). The van der Waals surface area contributed by atoms with Gasteiger partial charge in [0, 0.05) is 25.2 Å². The van der Waals surface area contributed by atoms with Crippen LogP contribution < -0.4 is 10.6 Å². The average molecular weight is 254 g/mol. The summed E-state index contributed by atoms with van der Waals surface area (Å²) in [7, 11) is 0. The third kappa shape index (κ3) is 4.86. The molecule has 0 saturated heterocycles. The van der Waals surface area contributed by atoms with Gasteiger partial charge in [-0.05, 0) is 20.3 Å². The van der Waals surface area contributed by atoms with Crippen LogP contribution in [0.1, 0.15) is 32.7 Å². The van der Waals surface area contributed by atoms with Crippen LogP contribution in [-0.2, 0) is 4.79 Å². The second-order valence-corrected chi connectivity index (χ2v) is 4.18. The lowest BCUT2D eigenvalue weighted by Crippen LogP contribution is -2.29. The molecule has 0 atom stereocenters. The lowest BCUT2D eigenvalue weighted by atomic mass is 10.3. The number of hydrogen-bond acceptors (Lipinski definition) is 3. The van der Waals surface area contributed by atoms with E-state index in [0.29, 0.717) is 18.7 Å². The van der Waals surface area contributed by atoms with E-state index in [0.717, 1.165) is 0 Å². The van der Waals surface area contributed by atoms with Gasteiger partial charge in [0.1, 0.15) is 0 Å². The highest BCUT2D eigenvalue weighted by Gasteiger charge is 2.05. The van der Waals surface area contributed by atoms with Crippen LogP contribution in [0.25, 0.3) is 0 Å². The quantitative estimate of drug-likeness (QED) is 0.669. The lowest BCUT2D eigenvalue weighted by molar-refractivity contribution is -0.137. The molecule has 0 spiro atoms. The minimum atomic E-state index is -0.865. The topological polar surface area (TPSA) is 96.2 Å². The van der Waals surface area contributed by atoms with Gasteiger partial charge in [-0.25, -0.2) is 4.79 Å². The number of carboxylic acids is 1. The molecule has 1 rings (SSSR count). The summed E-state index contributed by atoms with van der Waals surface area (Å²) in [5, 5.41) is 17.7. The van der Waals surface area contributed by atoms with Crippen LogP contribution in [0, 0.1) is 0 Å². The molecule has 3 N–H and O–H groups in total. The highest BCUT2D eigenvalue weighted by atomic mass is 16.4. The molecule has 0 bridgehead atoms. The molecule has 0 aromatic carbocycles. The molecular weight excluding hydrogens is 236 g/mol.